The highest BCUT2D eigenvalue weighted by atomic mass is 16.5. The van der Waals surface area contributed by atoms with Gasteiger partial charge in [0.2, 0.25) is 0 Å². The van der Waals surface area contributed by atoms with Crippen LogP contribution in [0.3, 0.4) is 0 Å². The molecular formula is C16H25N3O. The number of nitrogens with zero attached hydrogens (tertiary/aromatic N) is 3. The van der Waals surface area contributed by atoms with E-state index < -0.39 is 0 Å². The number of ether oxygens (including phenoxy) is 1. The molecule has 4 nitrogen and oxygen atoms in total. The fourth-order valence-corrected chi connectivity index (χ4v) is 2.54. The van der Waals surface area contributed by atoms with Gasteiger partial charge >= 0.3 is 0 Å². The highest BCUT2D eigenvalue weighted by molar-refractivity contribution is 5.14. The highest BCUT2D eigenvalue weighted by Crippen LogP contribution is 2.13. The van der Waals surface area contributed by atoms with Crippen LogP contribution >= 0.6 is 0 Å². The predicted molar refractivity (Wildman–Crippen MR) is 81.5 cm³/mol. The maximum Gasteiger partial charge on any atom is 0.106 e. The van der Waals surface area contributed by atoms with Gasteiger partial charge < -0.3 is 14.2 Å². The van der Waals surface area contributed by atoms with Crippen molar-refractivity contribution in [2.24, 2.45) is 0 Å². The molecule has 2 heterocycles. The van der Waals surface area contributed by atoms with Gasteiger partial charge in [-0.05, 0) is 34.1 Å². The van der Waals surface area contributed by atoms with Crippen molar-refractivity contribution in [1.82, 2.24) is 14.5 Å². The molecule has 0 aromatic carbocycles. The first-order chi connectivity index (χ1) is 9.63. The molecule has 0 amide bonds. The second-order valence-corrected chi connectivity index (χ2v) is 5.14. The number of aryl methyl sites for hydroxylation is 2. The molecule has 0 unspecified atom stereocenters. The summed E-state index contributed by atoms with van der Waals surface area (Å²) in [5.74, 6) is 1.07. The fraction of sp³-hybridized carbons (Fsp3) is 0.562. The van der Waals surface area contributed by atoms with Crippen molar-refractivity contribution in [3.8, 4) is 0 Å². The van der Waals surface area contributed by atoms with Crippen molar-refractivity contribution < 1.29 is 4.74 Å². The first-order valence-electron chi connectivity index (χ1n) is 7.34. The van der Waals surface area contributed by atoms with Crippen LogP contribution in [-0.4, -0.2) is 34.2 Å². The van der Waals surface area contributed by atoms with Gasteiger partial charge in [-0.15, -0.1) is 0 Å². The molecule has 1 aliphatic rings. The second-order valence-electron chi connectivity index (χ2n) is 5.14. The lowest BCUT2D eigenvalue weighted by molar-refractivity contribution is 0.132. The van der Waals surface area contributed by atoms with Crippen LogP contribution < -0.4 is 0 Å². The molecule has 1 aromatic rings. The summed E-state index contributed by atoms with van der Waals surface area (Å²) in [6.07, 6.45) is 7.57. The molecule has 0 saturated carbocycles. The van der Waals surface area contributed by atoms with E-state index >= 15 is 0 Å². The molecule has 0 aliphatic carbocycles. The maximum absolute atomic E-state index is 5.84. The summed E-state index contributed by atoms with van der Waals surface area (Å²) < 4.78 is 8.06. The number of rotatable bonds is 6. The average molecular weight is 275 g/mol. The normalized spacial score (nSPS) is 14.8. The van der Waals surface area contributed by atoms with Crippen molar-refractivity contribution in [2.45, 2.75) is 40.7 Å². The zero-order valence-electron chi connectivity index (χ0n) is 13.0. The molecule has 0 saturated heterocycles. The van der Waals surface area contributed by atoms with E-state index in [9.17, 15) is 0 Å². The lowest BCUT2D eigenvalue weighted by Gasteiger charge is -2.24. The summed E-state index contributed by atoms with van der Waals surface area (Å²) in [4.78, 5) is 6.72. The van der Waals surface area contributed by atoms with Crippen LogP contribution in [0.25, 0.3) is 0 Å². The fourth-order valence-electron chi connectivity index (χ4n) is 2.54. The van der Waals surface area contributed by atoms with Crippen molar-refractivity contribution in [2.75, 3.05) is 19.8 Å². The number of likely N-dealkylation sites (N-methyl/N-ethyl adjacent to an activating group) is 1. The Hall–Kier alpha value is -1.55. The van der Waals surface area contributed by atoms with Crippen LogP contribution in [0.1, 0.15) is 30.6 Å². The van der Waals surface area contributed by atoms with Crippen molar-refractivity contribution in [1.29, 1.82) is 0 Å². The minimum absolute atomic E-state index is 0.684. The van der Waals surface area contributed by atoms with Crippen LogP contribution in [0.2, 0.25) is 0 Å². The third-order valence-corrected chi connectivity index (χ3v) is 3.84. The molecule has 0 atom stereocenters. The quantitative estimate of drug-likeness (QED) is 0.748. The van der Waals surface area contributed by atoms with E-state index in [1.54, 1.807) is 0 Å². The van der Waals surface area contributed by atoms with Gasteiger partial charge in [-0.1, -0.05) is 12.2 Å². The van der Waals surface area contributed by atoms with E-state index in [1.165, 1.54) is 11.4 Å². The van der Waals surface area contributed by atoms with Gasteiger partial charge in [0, 0.05) is 30.7 Å². The van der Waals surface area contributed by atoms with Crippen LogP contribution in [0.5, 0.6) is 0 Å². The zero-order valence-corrected chi connectivity index (χ0v) is 13.0. The Morgan fingerprint density at radius 3 is 2.75 bits per heavy atom. The molecule has 0 N–H and O–H groups in total. The van der Waals surface area contributed by atoms with E-state index in [-0.39, 0.29) is 0 Å². The molecule has 0 spiro atoms. The van der Waals surface area contributed by atoms with Crippen molar-refractivity contribution >= 4 is 0 Å². The van der Waals surface area contributed by atoms with E-state index in [2.05, 4.69) is 53.6 Å². The largest absolute Gasteiger partial charge is 0.373 e. The van der Waals surface area contributed by atoms with Crippen LogP contribution in [0.4, 0.5) is 0 Å². The summed E-state index contributed by atoms with van der Waals surface area (Å²) in [7, 11) is 0. The Morgan fingerprint density at radius 2 is 2.10 bits per heavy atom. The molecule has 110 valence electrons. The Kier molecular flexibility index (Phi) is 5.01. The molecule has 4 heteroatoms. The Morgan fingerprint density at radius 1 is 1.30 bits per heavy atom. The summed E-state index contributed by atoms with van der Waals surface area (Å²) in [5.41, 5.74) is 3.62. The first kappa shape index (κ1) is 14.9. The minimum Gasteiger partial charge on any atom is -0.373 e. The Balaban J connectivity index is 1.81. The maximum atomic E-state index is 5.84. The number of hydrogen-bond donors (Lipinski definition) is 0. The summed E-state index contributed by atoms with van der Waals surface area (Å²) in [6.45, 7) is 11.6. The third-order valence-electron chi connectivity index (χ3n) is 3.84. The molecule has 0 bridgehead atoms. The number of hydrogen-bond acceptors (Lipinski definition) is 3. The van der Waals surface area contributed by atoms with Gasteiger partial charge in [0.1, 0.15) is 5.82 Å². The predicted octanol–water partition coefficient (Wildman–Crippen LogP) is 2.95. The Labute approximate surface area is 121 Å². The number of allylic oxidation sites excluding steroid dienone is 2. The van der Waals surface area contributed by atoms with E-state index in [0.717, 1.165) is 37.6 Å². The molecule has 1 aliphatic heterocycles. The molecule has 2 rings (SSSR count). The van der Waals surface area contributed by atoms with Gasteiger partial charge in [0.15, 0.2) is 0 Å². The van der Waals surface area contributed by atoms with Crippen LogP contribution in [-0.2, 0) is 11.3 Å². The Bertz CT molecular complexity index is 514. The summed E-state index contributed by atoms with van der Waals surface area (Å²) in [5, 5.41) is 0. The van der Waals surface area contributed by atoms with Crippen LogP contribution in [0, 0.1) is 20.8 Å². The molecule has 1 aromatic heterocycles. The zero-order chi connectivity index (χ0) is 14.5. The lowest BCUT2D eigenvalue weighted by atomic mass is 10.2. The molecule has 0 fully saturated rings. The number of imidazole rings is 1. The SMILES string of the molecule is CCN1C=CCC=C1COCCn1c(C)nc(C)c1C. The molecule has 0 radical (unpaired) electrons. The van der Waals surface area contributed by atoms with Gasteiger partial charge in [0.05, 0.1) is 18.9 Å². The van der Waals surface area contributed by atoms with Gasteiger partial charge in [-0.2, -0.15) is 0 Å². The highest BCUT2D eigenvalue weighted by Gasteiger charge is 2.09. The van der Waals surface area contributed by atoms with Gasteiger partial charge in [0.25, 0.3) is 0 Å². The van der Waals surface area contributed by atoms with E-state index in [0.29, 0.717) is 6.61 Å². The third kappa shape index (κ3) is 3.31. The smallest absolute Gasteiger partial charge is 0.106 e. The van der Waals surface area contributed by atoms with E-state index in [1.807, 2.05) is 6.92 Å². The minimum atomic E-state index is 0.684. The standard InChI is InChI=1S/C16H25N3O/c1-5-18-9-7-6-8-16(18)12-20-11-10-19-14(3)13(2)17-15(19)4/h7-9H,5-6,10-12H2,1-4H3. The average Bonchev–Trinajstić information content (AvgIpc) is 2.69. The lowest BCUT2D eigenvalue weighted by Crippen LogP contribution is -2.22. The topological polar surface area (TPSA) is 30.3 Å². The number of aromatic nitrogens is 2. The summed E-state index contributed by atoms with van der Waals surface area (Å²) >= 11 is 0. The first-order valence-corrected chi connectivity index (χ1v) is 7.34. The van der Waals surface area contributed by atoms with Gasteiger partial charge in [-0.25, -0.2) is 4.98 Å². The van der Waals surface area contributed by atoms with Crippen molar-refractivity contribution in [3.05, 3.63) is 41.3 Å². The second kappa shape index (κ2) is 6.75. The monoisotopic (exact) mass is 275 g/mol. The molecule has 20 heavy (non-hydrogen) atoms. The molecular weight excluding hydrogens is 250 g/mol. The van der Waals surface area contributed by atoms with Crippen molar-refractivity contribution in [3.63, 3.8) is 0 Å². The van der Waals surface area contributed by atoms with Crippen LogP contribution in [0.15, 0.2) is 24.0 Å². The van der Waals surface area contributed by atoms with E-state index in [4.69, 9.17) is 4.74 Å². The summed E-state index contributed by atoms with van der Waals surface area (Å²) in [6, 6.07) is 0. The van der Waals surface area contributed by atoms with Gasteiger partial charge in [-0.3, -0.25) is 0 Å².